The van der Waals surface area contributed by atoms with Crippen molar-refractivity contribution in [2.45, 2.75) is 12.6 Å². The molecule has 0 aliphatic heterocycles. The van der Waals surface area contributed by atoms with E-state index in [9.17, 15) is 18.0 Å². The maximum atomic E-state index is 12.4. The largest absolute Gasteiger partial charge is 0.416 e. The molecule has 0 spiro atoms. The van der Waals surface area contributed by atoms with Gasteiger partial charge in [-0.15, -0.1) is 0 Å². The zero-order chi connectivity index (χ0) is 13.9. The van der Waals surface area contributed by atoms with Crippen molar-refractivity contribution in [1.29, 1.82) is 0 Å². The molecule has 0 heterocycles. The van der Waals surface area contributed by atoms with Crippen LogP contribution in [0, 0.1) is 0 Å². The van der Waals surface area contributed by atoms with Gasteiger partial charge in [0.1, 0.15) is 6.29 Å². The van der Waals surface area contributed by atoms with Gasteiger partial charge in [-0.25, -0.2) is 0 Å². The molecule has 0 amide bonds. The summed E-state index contributed by atoms with van der Waals surface area (Å²) in [6.45, 7) is 0. The van der Waals surface area contributed by atoms with Crippen LogP contribution in [0.15, 0.2) is 48.5 Å². The highest BCUT2D eigenvalue weighted by Gasteiger charge is 2.29. The smallest absolute Gasteiger partial charge is 0.298 e. The second kappa shape index (κ2) is 5.26. The molecule has 2 aromatic carbocycles. The summed E-state index contributed by atoms with van der Waals surface area (Å²) >= 11 is 0. The summed E-state index contributed by atoms with van der Waals surface area (Å²) in [5, 5.41) is 0. The quantitative estimate of drug-likeness (QED) is 0.762. The van der Waals surface area contributed by atoms with Gasteiger partial charge < -0.3 is 0 Å². The Labute approximate surface area is 108 Å². The van der Waals surface area contributed by atoms with Crippen LogP contribution < -0.4 is 0 Å². The highest BCUT2D eigenvalue weighted by Crippen LogP contribution is 2.29. The number of hydrogen-bond acceptors (Lipinski definition) is 1. The van der Waals surface area contributed by atoms with Crippen molar-refractivity contribution >= 4 is 6.29 Å². The fourth-order valence-electron chi connectivity index (χ4n) is 1.82. The van der Waals surface area contributed by atoms with Crippen LogP contribution in [0.5, 0.6) is 0 Å². The molecule has 0 aliphatic rings. The minimum atomic E-state index is -4.31. The van der Waals surface area contributed by atoms with Crippen LogP contribution >= 0.6 is 0 Å². The maximum absolute atomic E-state index is 12.4. The predicted molar refractivity (Wildman–Crippen MR) is 66.1 cm³/mol. The molecular formula is C15H11F3O. The van der Waals surface area contributed by atoms with E-state index in [4.69, 9.17) is 0 Å². The summed E-state index contributed by atoms with van der Waals surface area (Å²) in [5.74, 6) is 0. The monoisotopic (exact) mass is 264 g/mol. The zero-order valence-electron chi connectivity index (χ0n) is 9.95. The number of alkyl halides is 3. The van der Waals surface area contributed by atoms with E-state index in [-0.39, 0.29) is 0 Å². The Kier molecular flexibility index (Phi) is 3.69. The molecule has 0 atom stereocenters. The topological polar surface area (TPSA) is 17.1 Å². The first-order valence-corrected chi connectivity index (χ1v) is 5.69. The summed E-state index contributed by atoms with van der Waals surface area (Å²) < 4.78 is 37.2. The molecule has 0 aromatic heterocycles. The molecule has 0 saturated carbocycles. The zero-order valence-corrected chi connectivity index (χ0v) is 9.95. The Morgan fingerprint density at radius 3 is 2.21 bits per heavy atom. The van der Waals surface area contributed by atoms with Crippen LogP contribution in [-0.4, -0.2) is 6.29 Å². The highest BCUT2D eigenvalue weighted by molar-refractivity contribution is 5.74. The average molecular weight is 264 g/mol. The number of carbonyl (C=O) groups excluding carboxylic acids is 1. The fraction of sp³-hybridized carbons (Fsp3) is 0.133. The number of benzene rings is 2. The molecule has 19 heavy (non-hydrogen) atoms. The number of hydrogen-bond donors (Lipinski definition) is 0. The van der Waals surface area contributed by atoms with Crippen molar-refractivity contribution in [3.05, 3.63) is 70.8 Å². The minimum Gasteiger partial charge on any atom is -0.298 e. The predicted octanol–water partition coefficient (Wildman–Crippen LogP) is 4.11. The summed E-state index contributed by atoms with van der Waals surface area (Å²) in [6, 6.07) is 12.0. The molecule has 4 heteroatoms. The third kappa shape index (κ3) is 3.44. The summed E-state index contributed by atoms with van der Waals surface area (Å²) in [7, 11) is 0. The van der Waals surface area contributed by atoms with E-state index in [1.165, 1.54) is 12.1 Å². The Bertz CT molecular complexity index is 571. The van der Waals surface area contributed by atoms with Crippen molar-refractivity contribution in [1.82, 2.24) is 0 Å². The van der Waals surface area contributed by atoms with E-state index in [1.54, 1.807) is 18.2 Å². The van der Waals surface area contributed by atoms with Crippen LogP contribution in [-0.2, 0) is 12.6 Å². The molecule has 1 nitrogen and oxygen atoms in total. The summed E-state index contributed by atoms with van der Waals surface area (Å²) in [4.78, 5) is 10.6. The van der Waals surface area contributed by atoms with Gasteiger partial charge in [0.2, 0.25) is 0 Å². The first-order valence-electron chi connectivity index (χ1n) is 5.69. The Balaban J connectivity index is 2.17. The van der Waals surface area contributed by atoms with Crippen LogP contribution in [0.1, 0.15) is 27.0 Å². The van der Waals surface area contributed by atoms with Crippen molar-refractivity contribution in [2.75, 3.05) is 0 Å². The molecule has 0 bridgehead atoms. The van der Waals surface area contributed by atoms with Gasteiger partial charge >= 0.3 is 6.18 Å². The lowest BCUT2D eigenvalue weighted by molar-refractivity contribution is -0.137. The van der Waals surface area contributed by atoms with Crippen molar-refractivity contribution < 1.29 is 18.0 Å². The van der Waals surface area contributed by atoms with E-state index < -0.39 is 11.7 Å². The van der Waals surface area contributed by atoms with Gasteiger partial charge in [0, 0.05) is 5.56 Å². The first kappa shape index (κ1) is 13.3. The van der Waals surface area contributed by atoms with Crippen molar-refractivity contribution in [3.63, 3.8) is 0 Å². The molecule has 0 aliphatic carbocycles. The number of halogens is 3. The van der Waals surface area contributed by atoms with Crippen LogP contribution in [0.3, 0.4) is 0 Å². The van der Waals surface area contributed by atoms with Gasteiger partial charge in [0.25, 0.3) is 0 Å². The van der Waals surface area contributed by atoms with Gasteiger partial charge in [-0.1, -0.05) is 30.3 Å². The van der Waals surface area contributed by atoms with E-state index in [0.717, 1.165) is 29.5 Å². The second-order valence-corrected chi connectivity index (χ2v) is 4.23. The molecule has 0 fully saturated rings. The van der Waals surface area contributed by atoms with Gasteiger partial charge in [-0.2, -0.15) is 13.2 Å². The second-order valence-electron chi connectivity index (χ2n) is 4.23. The van der Waals surface area contributed by atoms with Crippen LogP contribution in [0.25, 0.3) is 0 Å². The van der Waals surface area contributed by atoms with Gasteiger partial charge in [0.15, 0.2) is 0 Å². The van der Waals surface area contributed by atoms with Crippen LogP contribution in [0.2, 0.25) is 0 Å². The Morgan fingerprint density at radius 1 is 0.947 bits per heavy atom. The van der Waals surface area contributed by atoms with Gasteiger partial charge in [0.05, 0.1) is 5.56 Å². The number of rotatable bonds is 3. The van der Waals surface area contributed by atoms with E-state index in [0.29, 0.717) is 12.0 Å². The molecule has 98 valence electrons. The molecule has 0 saturated heterocycles. The third-order valence-corrected chi connectivity index (χ3v) is 2.78. The fourth-order valence-corrected chi connectivity index (χ4v) is 1.82. The Morgan fingerprint density at radius 2 is 1.63 bits per heavy atom. The SMILES string of the molecule is O=Cc1cccc(Cc2ccc(C(F)(F)F)cc2)c1. The molecule has 0 unspecified atom stereocenters. The average Bonchev–Trinajstić information content (AvgIpc) is 2.38. The van der Waals surface area contributed by atoms with Gasteiger partial charge in [-0.3, -0.25) is 4.79 Å². The molecular weight excluding hydrogens is 253 g/mol. The van der Waals surface area contributed by atoms with E-state index in [1.807, 2.05) is 6.07 Å². The van der Waals surface area contributed by atoms with Crippen molar-refractivity contribution in [3.8, 4) is 0 Å². The minimum absolute atomic E-state index is 0.500. The first-order chi connectivity index (χ1) is 8.99. The van der Waals surface area contributed by atoms with E-state index >= 15 is 0 Å². The summed E-state index contributed by atoms with van der Waals surface area (Å²) in [5.41, 5.74) is 1.57. The molecule has 2 rings (SSSR count). The lowest BCUT2D eigenvalue weighted by atomic mass is 10.0. The van der Waals surface area contributed by atoms with Crippen LogP contribution in [0.4, 0.5) is 13.2 Å². The number of carbonyl (C=O) groups is 1. The van der Waals surface area contributed by atoms with Gasteiger partial charge in [-0.05, 0) is 35.7 Å². The molecule has 0 radical (unpaired) electrons. The molecule has 0 N–H and O–H groups in total. The van der Waals surface area contributed by atoms with Crippen molar-refractivity contribution in [2.24, 2.45) is 0 Å². The highest BCUT2D eigenvalue weighted by atomic mass is 19.4. The normalized spacial score (nSPS) is 11.3. The lowest BCUT2D eigenvalue weighted by Crippen LogP contribution is -2.04. The summed E-state index contributed by atoms with van der Waals surface area (Å²) in [6.07, 6.45) is -3.06. The maximum Gasteiger partial charge on any atom is 0.416 e. The number of aldehydes is 1. The standard InChI is InChI=1S/C15H11F3O/c16-15(17,18)14-6-4-11(5-7-14)8-12-2-1-3-13(9-12)10-19/h1-7,9-10H,8H2. The third-order valence-electron chi connectivity index (χ3n) is 2.78. The lowest BCUT2D eigenvalue weighted by Gasteiger charge is -2.08. The molecule has 2 aromatic rings. The Hall–Kier alpha value is -2.10. The van der Waals surface area contributed by atoms with E-state index in [2.05, 4.69) is 0 Å².